The van der Waals surface area contributed by atoms with Crippen LogP contribution in [-0.2, 0) is 17.4 Å². The first-order chi connectivity index (χ1) is 8.83. The number of hydrogen-bond donors (Lipinski definition) is 2. The first-order valence-electron chi connectivity index (χ1n) is 7.62. The van der Waals surface area contributed by atoms with Crippen molar-refractivity contribution in [3.8, 4) is 0 Å². The molecule has 1 rings (SSSR count). The fourth-order valence-electron chi connectivity index (χ4n) is 2.37. The molecule has 1 heterocycles. The van der Waals surface area contributed by atoms with E-state index in [2.05, 4.69) is 22.5 Å². The Kier molecular flexibility index (Phi) is 24.3. The van der Waals surface area contributed by atoms with E-state index < -0.39 is 6.10 Å². The van der Waals surface area contributed by atoms with Crippen LogP contribution in [0.3, 0.4) is 0 Å². The van der Waals surface area contributed by atoms with Crippen LogP contribution in [0.1, 0.15) is 39.0 Å². The Balaban J connectivity index is -0.00000108. The average molecular weight is 379 g/mol. The summed E-state index contributed by atoms with van der Waals surface area (Å²) in [5.74, 6) is 0. The molecule has 7 heteroatoms. The SMILES string of the molecule is CCCCCCC([O-])CN1CCNCCNCC1.[Cl-].[Cl-].[Cr]. The van der Waals surface area contributed by atoms with Gasteiger partial charge in [0, 0.05) is 56.6 Å². The Bertz CT molecular complexity index is 195. The first kappa shape index (κ1) is 26.8. The maximum atomic E-state index is 12.0. The van der Waals surface area contributed by atoms with Crippen molar-refractivity contribution in [2.24, 2.45) is 0 Å². The molecule has 0 saturated carbocycles. The minimum Gasteiger partial charge on any atom is -1.00 e. The molecule has 1 aliphatic heterocycles. The topological polar surface area (TPSA) is 50.4 Å². The Hall–Kier alpha value is 0.952. The summed E-state index contributed by atoms with van der Waals surface area (Å²) in [6.07, 6.45) is 5.28. The van der Waals surface area contributed by atoms with Crippen LogP contribution < -0.4 is 40.6 Å². The van der Waals surface area contributed by atoms with Gasteiger partial charge in [-0.2, -0.15) is 0 Å². The summed E-state index contributed by atoms with van der Waals surface area (Å²) < 4.78 is 0. The van der Waals surface area contributed by atoms with Gasteiger partial charge >= 0.3 is 0 Å². The van der Waals surface area contributed by atoms with E-state index in [-0.39, 0.29) is 42.2 Å². The molecule has 0 aliphatic carbocycles. The molecule has 21 heavy (non-hydrogen) atoms. The molecule has 0 radical (unpaired) electrons. The van der Waals surface area contributed by atoms with Crippen LogP contribution in [0.2, 0.25) is 0 Å². The van der Waals surface area contributed by atoms with Gasteiger partial charge in [-0.05, 0) is 6.54 Å². The third-order valence-electron chi connectivity index (χ3n) is 3.53. The van der Waals surface area contributed by atoms with Gasteiger partial charge in [0.2, 0.25) is 0 Å². The molecule has 4 nitrogen and oxygen atoms in total. The van der Waals surface area contributed by atoms with E-state index in [0.29, 0.717) is 0 Å². The van der Waals surface area contributed by atoms with Gasteiger partial charge in [0.15, 0.2) is 0 Å². The molecule has 0 amide bonds. The van der Waals surface area contributed by atoms with E-state index >= 15 is 0 Å². The predicted octanol–water partition coefficient (Wildman–Crippen LogP) is -5.81. The summed E-state index contributed by atoms with van der Waals surface area (Å²) >= 11 is 0. The Morgan fingerprint density at radius 1 is 0.952 bits per heavy atom. The quantitative estimate of drug-likeness (QED) is 0.433. The smallest absolute Gasteiger partial charge is 0.0107 e. The van der Waals surface area contributed by atoms with Crippen LogP contribution in [0.5, 0.6) is 0 Å². The Labute approximate surface area is 153 Å². The minimum atomic E-state index is -0.400. The van der Waals surface area contributed by atoms with Crippen molar-refractivity contribution in [3.63, 3.8) is 0 Å². The van der Waals surface area contributed by atoms with E-state index in [4.69, 9.17) is 0 Å². The van der Waals surface area contributed by atoms with E-state index in [1.807, 2.05) is 0 Å². The number of halogens is 2. The second-order valence-corrected chi connectivity index (χ2v) is 5.27. The molecule has 130 valence electrons. The predicted molar refractivity (Wildman–Crippen MR) is 74.7 cm³/mol. The van der Waals surface area contributed by atoms with Crippen LogP contribution in [0, 0.1) is 0 Å². The fraction of sp³-hybridized carbons (Fsp3) is 1.00. The first-order valence-corrected chi connectivity index (χ1v) is 7.62. The average Bonchev–Trinajstić information content (AvgIpc) is 2.49. The van der Waals surface area contributed by atoms with E-state index in [1.54, 1.807) is 0 Å². The standard InChI is InChI=1S/C14H30N3O.2ClH.Cr/c1-2-3-4-5-6-14(18)13-17-11-9-15-7-8-16-10-12-17;;;/h14-16H,2-13H2,1H3;2*1H;/q-1;;;/p-2. The number of rotatable bonds is 7. The maximum absolute atomic E-state index is 12.0. The molecule has 2 N–H and O–H groups in total. The van der Waals surface area contributed by atoms with Crippen LogP contribution in [0.4, 0.5) is 0 Å². The van der Waals surface area contributed by atoms with Crippen LogP contribution in [-0.4, -0.2) is 56.8 Å². The molecular formula is C14H30Cl2CrN3O-3. The zero-order valence-corrected chi connectivity index (χ0v) is 15.9. The number of nitrogens with one attached hydrogen (secondary N) is 2. The third-order valence-corrected chi connectivity index (χ3v) is 3.53. The van der Waals surface area contributed by atoms with Crippen molar-refractivity contribution in [1.29, 1.82) is 0 Å². The van der Waals surface area contributed by atoms with Crippen molar-refractivity contribution in [1.82, 2.24) is 15.5 Å². The van der Waals surface area contributed by atoms with Gasteiger partial charge in [0.1, 0.15) is 0 Å². The third kappa shape index (κ3) is 15.6. The van der Waals surface area contributed by atoms with Crippen molar-refractivity contribution >= 4 is 0 Å². The van der Waals surface area contributed by atoms with Gasteiger partial charge in [-0.25, -0.2) is 0 Å². The van der Waals surface area contributed by atoms with Gasteiger partial charge in [-0.1, -0.05) is 39.0 Å². The molecule has 0 bridgehead atoms. The molecule has 0 spiro atoms. The fourth-order valence-corrected chi connectivity index (χ4v) is 2.37. The van der Waals surface area contributed by atoms with Crippen LogP contribution in [0.15, 0.2) is 0 Å². The van der Waals surface area contributed by atoms with E-state index in [9.17, 15) is 5.11 Å². The molecule has 1 saturated heterocycles. The van der Waals surface area contributed by atoms with Gasteiger partial charge in [0.25, 0.3) is 0 Å². The molecular weight excluding hydrogens is 349 g/mol. The molecule has 1 unspecified atom stereocenters. The van der Waals surface area contributed by atoms with Crippen molar-refractivity contribution in [3.05, 3.63) is 0 Å². The monoisotopic (exact) mass is 378 g/mol. The zero-order valence-electron chi connectivity index (χ0n) is 13.1. The molecule has 1 atom stereocenters. The van der Waals surface area contributed by atoms with Gasteiger partial charge in [-0.3, -0.25) is 0 Å². The summed E-state index contributed by atoms with van der Waals surface area (Å²) in [5.41, 5.74) is 0. The van der Waals surface area contributed by atoms with Gasteiger partial charge in [0.05, 0.1) is 0 Å². The van der Waals surface area contributed by atoms with Gasteiger partial charge < -0.3 is 45.5 Å². The summed E-state index contributed by atoms with van der Waals surface area (Å²) in [6.45, 7) is 9.02. The molecule has 0 aromatic heterocycles. The van der Waals surface area contributed by atoms with Crippen molar-refractivity contribution in [2.45, 2.75) is 45.1 Å². The number of hydrogen-bond acceptors (Lipinski definition) is 4. The van der Waals surface area contributed by atoms with E-state index in [0.717, 1.165) is 58.7 Å². The largest absolute Gasteiger partial charge is 1.00 e. The maximum Gasteiger partial charge on any atom is 0.0107 e. The second kappa shape index (κ2) is 19.0. The number of unbranched alkanes of at least 4 members (excludes halogenated alkanes) is 3. The summed E-state index contributed by atoms with van der Waals surface area (Å²) in [7, 11) is 0. The Morgan fingerprint density at radius 3 is 2.05 bits per heavy atom. The summed E-state index contributed by atoms with van der Waals surface area (Å²) in [4.78, 5) is 2.31. The summed E-state index contributed by atoms with van der Waals surface area (Å²) in [5, 5.41) is 18.7. The van der Waals surface area contributed by atoms with E-state index in [1.165, 1.54) is 19.3 Å². The molecule has 0 aromatic carbocycles. The number of nitrogens with zero attached hydrogens (tertiary/aromatic N) is 1. The Morgan fingerprint density at radius 2 is 1.52 bits per heavy atom. The molecule has 0 aromatic rings. The van der Waals surface area contributed by atoms with Crippen LogP contribution in [0.25, 0.3) is 0 Å². The minimum absolute atomic E-state index is 0. The van der Waals surface area contributed by atoms with Crippen LogP contribution >= 0.6 is 0 Å². The van der Waals surface area contributed by atoms with Crippen molar-refractivity contribution in [2.75, 3.05) is 45.8 Å². The van der Waals surface area contributed by atoms with Gasteiger partial charge in [-0.15, -0.1) is 6.10 Å². The molecule has 1 aliphatic rings. The molecule has 1 fully saturated rings. The zero-order chi connectivity index (χ0) is 13.1. The second-order valence-electron chi connectivity index (χ2n) is 5.27. The normalized spacial score (nSPS) is 18.0. The summed E-state index contributed by atoms with van der Waals surface area (Å²) in [6, 6.07) is 0. The van der Waals surface area contributed by atoms with Crippen molar-refractivity contribution < 1.29 is 47.3 Å².